The fraction of sp³-hybridized carbons (Fsp3) is 0.522. The van der Waals surface area contributed by atoms with Crippen LogP contribution in [0.25, 0.3) is 0 Å². The minimum absolute atomic E-state index is 0.0628. The summed E-state index contributed by atoms with van der Waals surface area (Å²) in [7, 11) is 0. The number of hydrogen-bond acceptors (Lipinski definition) is 6. The zero-order valence-electron chi connectivity index (χ0n) is 18.2. The van der Waals surface area contributed by atoms with Gasteiger partial charge in [0.05, 0.1) is 25.5 Å². The van der Waals surface area contributed by atoms with Crippen molar-refractivity contribution in [3.05, 3.63) is 46.8 Å². The van der Waals surface area contributed by atoms with Crippen LogP contribution in [-0.2, 0) is 9.53 Å². The molecule has 2 amide bonds. The van der Waals surface area contributed by atoms with Gasteiger partial charge in [-0.3, -0.25) is 9.59 Å². The highest BCUT2D eigenvalue weighted by atomic mass is 35.5. The molecule has 2 aliphatic heterocycles. The van der Waals surface area contributed by atoms with E-state index in [4.69, 9.17) is 25.6 Å². The van der Waals surface area contributed by atoms with Crippen molar-refractivity contribution in [2.45, 2.75) is 26.2 Å². The van der Waals surface area contributed by atoms with Gasteiger partial charge in [0, 0.05) is 49.1 Å². The van der Waals surface area contributed by atoms with E-state index in [1.165, 1.54) is 0 Å². The van der Waals surface area contributed by atoms with E-state index in [0.29, 0.717) is 68.9 Å². The van der Waals surface area contributed by atoms with Gasteiger partial charge in [0.2, 0.25) is 11.7 Å². The summed E-state index contributed by atoms with van der Waals surface area (Å²) in [4.78, 5) is 29.8. The van der Waals surface area contributed by atoms with Crippen LogP contribution in [0.4, 0.5) is 0 Å². The fourth-order valence-electron chi connectivity index (χ4n) is 4.35. The number of carbonyl (C=O) groups is 2. The van der Waals surface area contributed by atoms with Crippen molar-refractivity contribution in [3.8, 4) is 5.75 Å². The standard InChI is InChI=1S/C23H28ClN3O5/c1-17-12-20(32-25-17)22(29)27-7-3-6-23(15-27,14-21(28)26-8-10-30-11-9-26)16-31-19-5-2-4-18(24)13-19/h2,4-5,12-13H,3,6-11,14-16H2,1H3. The van der Waals surface area contributed by atoms with E-state index in [9.17, 15) is 9.59 Å². The minimum atomic E-state index is -0.513. The Bertz CT molecular complexity index is 959. The largest absolute Gasteiger partial charge is 0.493 e. The second-order valence-corrected chi connectivity index (χ2v) is 9.02. The first-order chi connectivity index (χ1) is 15.4. The van der Waals surface area contributed by atoms with Crippen LogP contribution in [0.3, 0.4) is 0 Å². The highest BCUT2D eigenvalue weighted by molar-refractivity contribution is 6.30. The highest BCUT2D eigenvalue weighted by Crippen LogP contribution is 2.36. The molecule has 8 nitrogen and oxygen atoms in total. The average Bonchev–Trinajstić information content (AvgIpc) is 3.24. The molecule has 0 radical (unpaired) electrons. The van der Waals surface area contributed by atoms with Gasteiger partial charge >= 0.3 is 0 Å². The molecule has 32 heavy (non-hydrogen) atoms. The van der Waals surface area contributed by atoms with E-state index < -0.39 is 5.41 Å². The van der Waals surface area contributed by atoms with Crippen molar-refractivity contribution in [3.63, 3.8) is 0 Å². The predicted molar refractivity (Wildman–Crippen MR) is 118 cm³/mol. The zero-order valence-corrected chi connectivity index (χ0v) is 19.0. The van der Waals surface area contributed by atoms with Crippen LogP contribution >= 0.6 is 11.6 Å². The van der Waals surface area contributed by atoms with Gasteiger partial charge in [-0.05, 0) is 38.0 Å². The maximum absolute atomic E-state index is 13.1. The number of amides is 2. The number of halogens is 1. The van der Waals surface area contributed by atoms with Gasteiger partial charge in [-0.2, -0.15) is 0 Å². The molecule has 1 aromatic carbocycles. The second kappa shape index (κ2) is 9.92. The molecule has 1 aromatic heterocycles. The van der Waals surface area contributed by atoms with E-state index in [0.717, 1.165) is 12.8 Å². The van der Waals surface area contributed by atoms with E-state index in [1.54, 1.807) is 30.0 Å². The summed E-state index contributed by atoms with van der Waals surface area (Å²) in [6.07, 6.45) is 1.85. The molecular weight excluding hydrogens is 434 g/mol. The van der Waals surface area contributed by atoms with Gasteiger partial charge in [-0.15, -0.1) is 0 Å². The molecule has 0 spiro atoms. The Balaban J connectivity index is 1.52. The molecule has 2 aliphatic rings. The van der Waals surface area contributed by atoms with Crippen LogP contribution in [0.2, 0.25) is 5.02 Å². The number of hydrogen-bond donors (Lipinski definition) is 0. The predicted octanol–water partition coefficient (Wildman–Crippen LogP) is 3.19. The molecule has 1 unspecified atom stereocenters. The number of aryl methyl sites for hydroxylation is 1. The third-order valence-electron chi connectivity index (χ3n) is 6.02. The van der Waals surface area contributed by atoms with Crippen LogP contribution in [-0.4, -0.2) is 72.8 Å². The highest BCUT2D eigenvalue weighted by Gasteiger charge is 2.41. The summed E-state index contributed by atoms with van der Waals surface area (Å²) in [6, 6.07) is 8.84. The van der Waals surface area contributed by atoms with Crippen molar-refractivity contribution in [2.75, 3.05) is 46.0 Å². The van der Waals surface area contributed by atoms with Gasteiger partial charge in [-0.1, -0.05) is 22.8 Å². The molecule has 0 saturated carbocycles. The monoisotopic (exact) mass is 461 g/mol. The number of benzene rings is 1. The fourth-order valence-corrected chi connectivity index (χ4v) is 4.53. The topological polar surface area (TPSA) is 85.1 Å². The van der Waals surface area contributed by atoms with Gasteiger partial charge < -0.3 is 23.8 Å². The van der Waals surface area contributed by atoms with Crippen LogP contribution < -0.4 is 4.74 Å². The molecule has 2 saturated heterocycles. The summed E-state index contributed by atoms with van der Waals surface area (Å²) in [6.45, 7) is 5.36. The molecule has 4 rings (SSSR count). The summed E-state index contributed by atoms with van der Waals surface area (Å²) in [5, 5.41) is 4.42. The Morgan fingerprint density at radius 3 is 2.72 bits per heavy atom. The van der Waals surface area contributed by atoms with Crippen LogP contribution in [0.1, 0.15) is 35.5 Å². The molecule has 0 N–H and O–H groups in total. The van der Waals surface area contributed by atoms with Crippen molar-refractivity contribution in [2.24, 2.45) is 5.41 Å². The normalized spacial score (nSPS) is 21.4. The Kier molecular flexibility index (Phi) is 7.01. The molecule has 0 aliphatic carbocycles. The third kappa shape index (κ3) is 5.42. The molecule has 2 aromatic rings. The molecule has 9 heteroatoms. The van der Waals surface area contributed by atoms with Crippen molar-refractivity contribution in [1.29, 1.82) is 0 Å². The lowest BCUT2D eigenvalue weighted by atomic mass is 9.77. The first-order valence-electron chi connectivity index (χ1n) is 10.9. The van der Waals surface area contributed by atoms with Gasteiger partial charge in [-0.25, -0.2) is 0 Å². The lowest BCUT2D eigenvalue weighted by Crippen LogP contribution is -2.52. The second-order valence-electron chi connectivity index (χ2n) is 8.58. The molecule has 0 bridgehead atoms. The number of ether oxygens (including phenoxy) is 2. The number of nitrogens with zero attached hydrogens (tertiary/aromatic N) is 3. The molecule has 172 valence electrons. The number of carbonyl (C=O) groups excluding carboxylic acids is 2. The minimum Gasteiger partial charge on any atom is -0.493 e. The number of piperidine rings is 1. The van der Waals surface area contributed by atoms with Crippen LogP contribution in [0, 0.1) is 12.3 Å². The maximum Gasteiger partial charge on any atom is 0.292 e. The summed E-state index contributed by atoms with van der Waals surface area (Å²) in [5.74, 6) is 0.711. The summed E-state index contributed by atoms with van der Waals surface area (Å²) < 4.78 is 16.7. The van der Waals surface area contributed by atoms with Crippen molar-refractivity contribution < 1.29 is 23.6 Å². The number of likely N-dealkylation sites (tertiary alicyclic amines) is 1. The van der Waals surface area contributed by atoms with Crippen molar-refractivity contribution in [1.82, 2.24) is 15.0 Å². The number of aromatic nitrogens is 1. The number of morpholine rings is 1. The Hall–Kier alpha value is -2.58. The van der Waals surface area contributed by atoms with E-state index >= 15 is 0 Å². The number of rotatable bonds is 6. The lowest BCUT2D eigenvalue weighted by molar-refractivity contribution is -0.139. The van der Waals surface area contributed by atoms with Gasteiger partial charge in [0.1, 0.15) is 5.75 Å². The molecule has 2 fully saturated rings. The Labute approximate surface area is 192 Å². The smallest absolute Gasteiger partial charge is 0.292 e. The Morgan fingerprint density at radius 2 is 2.00 bits per heavy atom. The molecular formula is C23H28ClN3O5. The molecule has 1 atom stereocenters. The first kappa shape index (κ1) is 22.6. The van der Waals surface area contributed by atoms with Gasteiger partial charge in [0.25, 0.3) is 5.91 Å². The molecule has 3 heterocycles. The lowest BCUT2D eigenvalue weighted by Gasteiger charge is -2.43. The van der Waals surface area contributed by atoms with Gasteiger partial charge in [0.15, 0.2) is 0 Å². The maximum atomic E-state index is 13.1. The zero-order chi connectivity index (χ0) is 22.6. The summed E-state index contributed by atoms with van der Waals surface area (Å²) >= 11 is 6.10. The summed E-state index contributed by atoms with van der Waals surface area (Å²) in [5.41, 5.74) is 0.143. The van der Waals surface area contributed by atoms with Crippen LogP contribution in [0.15, 0.2) is 34.9 Å². The van der Waals surface area contributed by atoms with E-state index in [-0.39, 0.29) is 17.6 Å². The first-order valence-corrected chi connectivity index (χ1v) is 11.3. The van der Waals surface area contributed by atoms with Crippen molar-refractivity contribution >= 4 is 23.4 Å². The van der Waals surface area contributed by atoms with E-state index in [1.807, 2.05) is 17.0 Å². The third-order valence-corrected chi connectivity index (χ3v) is 6.25. The quantitative estimate of drug-likeness (QED) is 0.656. The SMILES string of the molecule is Cc1cc(C(=O)N2CCCC(COc3cccc(Cl)c3)(CC(=O)N3CCOCC3)C2)on1. The van der Waals surface area contributed by atoms with E-state index in [2.05, 4.69) is 5.16 Å². The average molecular weight is 462 g/mol. The van der Waals surface area contributed by atoms with Crippen LogP contribution in [0.5, 0.6) is 5.75 Å². The Morgan fingerprint density at radius 1 is 1.19 bits per heavy atom.